The average molecular weight is 406 g/mol. The lowest BCUT2D eigenvalue weighted by atomic mass is 9.75. The van der Waals surface area contributed by atoms with Gasteiger partial charge in [0, 0.05) is 7.11 Å². The van der Waals surface area contributed by atoms with Crippen molar-refractivity contribution in [2.75, 3.05) is 7.11 Å². The summed E-state index contributed by atoms with van der Waals surface area (Å²) >= 11 is 0. The van der Waals surface area contributed by atoms with Crippen molar-refractivity contribution in [1.82, 2.24) is 0 Å². The lowest BCUT2D eigenvalue weighted by molar-refractivity contribution is 0.120. The van der Waals surface area contributed by atoms with Crippen molar-refractivity contribution in [3.63, 3.8) is 0 Å². The smallest absolute Gasteiger partial charge is 0.398 e. The van der Waals surface area contributed by atoms with Gasteiger partial charge in [-0.3, -0.25) is 0 Å². The molecule has 4 aromatic rings. The van der Waals surface area contributed by atoms with Gasteiger partial charge in [0.15, 0.2) is 0 Å². The summed E-state index contributed by atoms with van der Waals surface area (Å²) in [6, 6.07) is 25.6. The first-order valence-corrected chi connectivity index (χ1v) is 10.8. The van der Waals surface area contributed by atoms with Gasteiger partial charge >= 0.3 is 7.12 Å². The van der Waals surface area contributed by atoms with E-state index in [4.69, 9.17) is 14.0 Å². The Morgan fingerprint density at radius 1 is 0.839 bits per heavy atom. The Hall–Kier alpha value is -2.92. The van der Waals surface area contributed by atoms with Gasteiger partial charge in [-0.2, -0.15) is 0 Å². The molecule has 0 bridgehead atoms. The lowest BCUT2D eigenvalue weighted by Gasteiger charge is -2.24. The van der Waals surface area contributed by atoms with Gasteiger partial charge in [-0.25, -0.2) is 0 Å². The number of hydrogen-bond donors (Lipinski definition) is 0. The summed E-state index contributed by atoms with van der Waals surface area (Å²) in [6.07, 6.45) is 4.02. The average Bonchev–Trinajstić information content (AvgIpc) is 3.27. The Morgan fingerprint density at radius 3 is 2.55 bits per heavy atom. The van der Waals surface area contributed by atoms with Crippen molar-refractivity contribution < 1.29 is 14.0 Å². The largest absolute Gasteiger partial charge is 0.495 e. The van der Waals surface area contributed by atoms with E-state index in [2.05, 4.69) is 79.7 Å². The van der Waals surface area contributed by atoms with Crippen LogP contribution in [0.15, 0.2) is 78.9 Å². The molecule has 0 radical (unpaired) electrons. The molecule has 0 unspecified atom stereocenters. The van der Waals surface area contributed by atoms with Gasteiger partial charge in [-0.15, -0.1) is 0 Å². The van der Waals surface area contributed by atoms with Gasteiger partial charge < -0.3 is 14.0 Å². The number of benzene rings is 4. The normalized spacial score (nSPS) is 20.8. The molecule has 31 heavy (non-hydrogen) atoms. The van der Waals surface area contributed by atoms with Gasteiger partial charge in [0.25, 0.3) is 0 Å². The van der Waals surface area contributed by atoms with Gasteiger partial charge in [-0.05, 0) is 50.6 Å². The first-order chi connectivity index (χ1) is 15.2. The van der Waals surface area contributed by atoms with Crippen LogP contribution in [0, 0.1) is 0 Å². The van der Waals surface area contributed by atoms with E-state index in [-0.39, 0.29) is 18.3 Å². The third-order valence-electron chi connectivity index (χ3n) is 6.64. The Morgan fingerprint density at radius 2 is 1.65 bits per heavy atom. The van der Waals surface area contributed by atoms with E-state index >= 15 is 0 Å². The van der Waals surface area contributed by atoms with E-state index in [1.807, 2.05) is 12.1 Å². The third-order valence-corrected chi connectivity index (χ3v) is 6.64. The SMILES string of the molecule is CO[C@H](C)c1ccccc1B1O[C@H]2C=Cc3ccc4c(ccc5ccccc54)c3[C@H]2O1. The number of methoxy groups -OCH3 is 1. The fourth-order valence-electron chi connectivity index (χ4n) is 4.99. The highest BCUT2D eigenvalue weighted by Crippen LogP contribution is 2.43. The first-order valence-electron chi connectivity index (χ1n) is 10.8. The summed E-state index contributed by atoms with van der Waals surface area (Å²) in [5.74, 6) is 0. The third kappa shape index (κ3) is 2.94. The summed E-state index contributed by atoms with van der Waals surface area (Å²) in [4.78, 5) is 0. The minimum Gasteiger partial charge on any atom is -0.398 e. The predicted octanol–water partition coefficient (Wildman–Crippen LogP) is 5.58. The molecule has 0 aromatic heterocycles. The molecule has 3 nitrogen and oxygen atoms in total. The molecule has 1 saturated heterocycles. The van der Waals surface area contributed by atoms with E-state index in [1.165, 1.54) is 32.7 Å². The highest BCUT2D eigenvalue weighted by molar-refractivity contribution is 6.62. The Kier molecular flexibility index (Phi) is 4.46. The number of hydrogen-bond acceptors (Lipinski definition) is 3. The summed E-state index contributed by atoms with van der Waals surface area (Å²) in [5, 5.41) is 5.01. The maximum Gasteiger partial charge on any atom is 0.495 e. The molecule has 0 amide bonds. The maximum absolute atomic E-state index is 6.60. The van der Waals surface area contributed by atoms with Crippen molar-refractivity contribution >= 4 is 40.2 Å². The molecule has 1 aliphatic carbocycles. The minimum atomic E-state index is -0.421. The summed E-state index contributed by atoms with van der Waals surface area (Å²) in [6.45, 7) is 2.05. The van der Waals surface area contributed by atoms with Gasteiger partial charge in [-0.1, -0.05) is 84.9 Å². The molecule has 3 atom stereocenters. The molecule has 0 saturated carbocycles. The fourth-order valence-corrected chi connectivity index (χ4v) is 4.99. The van der Waals surface area contributed by atoms with E-state index in [0.717, 1.165) is 11.0 Å². The Bertz CT molecular complexity index is 1330. The van der Waals surface area contributed by atoms with Crippen molar-refractivity contribution in [2.24, 2.45) is 0 Å². The van der Waals surface area contributed by atoms with Crippen LogP contribution in [0.3, 0.4) is 0 Å². The zero-order valence-electron chi connectivity index (χ0n) is 17.6. The van der Waals surface area contributed by atoms with Crippen LogP contribution < -0.4 is 5.46 Å². The monoisotopic (exact) mass is 406 g/mol. The molecule has 1 aliphatic heterocycles. The van der Waals surface area contributed by atoms with Crippen LogP contribution in [0.5, 0.6) is 0 Å². The second-order valence-corrected chi connectivity index (χ2v) is 8.31. The van der Waals surface area contributed by atoms with Crippen molar-refractivity contribution in [3.05, 3.63) is 95.6 Å². The topological polar surface area (TPSA) is 27.7 Å². The zero-order valence-corrected chi connectivity index (χ0v) is 17.6. The molecule has 152 valence electrons. The highest BCUT2D eigenvalue weighted by Gasteiger charge is 2.44. The summed E-state index contributed by atoms with van der Waals surface area (Å²) in [5.41, 5.74) is 4.55. The number of fused-ring (bicyclic) bond motifs is 7. The van der Waals surface area contributed by atoms with E-state index in [9.17, 15) is 0 Å². The number of rotatable bonds is 3. The van der Waals surface area contributed by atoms with Gasteiger partial charge in [0.05, 0.1) is 18.3 Å². The van der Waals surface area contributed by atoms with Gasteiger partial charge in [0.2, 0.25) is 0 Å². The van der Waals surface area contributed by atoms with Crippen LogP contribution in [0.25, 0.3) is 27.6 Å². The van der Waals surface area contributed by atoms with E-state index in [0.29, 0.717) is 0 Å². The molecule has 4 heteroatoms. The molecular formula is C27H23BO3. The molecule has 0 N–H and O–H groups in total. The molecular weight excluding hydrogens is 383 g/mol. The van der Waals surface area contributed by atoms with Crippen molar-refractivity contribution in [1.29, 1.82) is 0 Å². The molecule has 0 spiro atoms. The first kappa shape index (κ1) is 18.8. The second-order valence-electron chi connectivity index (χ2n) is 8.31. The minimum absolute atomic E-state index is 0.0268. The van der Waals surface area contributed by atoms with Crippen LogP contribution in [-0.4, -0.2) is 20.3 Å². The Labute approximate surface area is 182 Å². The molecule has 2 aliphatic rings. The fraction of sp³-hybridized carbons (Fsp3) is 0.185. The standard InChI is InChI=1S/C27H23BO3/c1-17(29-2)20-8-5-6-10-24(20)28-30-25-16-13-19-12-14-22-21-9-4-3-7-18(21)11-15-23(22)26(19)27(25)31-28/h3-17,25,27H,1-2H3/t17-,25+,27+/m1/s1. The molecule has 6 rings (SSSR count). The van der Waals surface area contributed by atoms with E-state index < -0.39 is 7.12 Å². The molecule has 4 aromatic carbocycles. The van der Waals surface area contributed by atoms with Crippen molar-refractivity contribution in [3.8, 4) is 0 Å². The van der Waals surface area contributed by atoms with E-state index in [1.54, 1.807) is 7.11 Å². The highest BCUT2D eigenvalue weighted by atomic mass is 16.7. The van der Waals surface area contributed by atoms with Crippen LogP contribution in [0.1, 0.15) is 35.8 Å². The van der Waals surface area contributed by atoms with Crippen LogP contribution in [-0.2, 0) is 14.0 Å². The maximum atomic E-state index is 6.60. The zero-order chi connectivity index (χ0) is 20.9. The predicted molar refractivity (Wildman–Crippen MR) is 126 cm³/mol. The van der Waals surface area contributed by atoms with Crippen LogP contribution >= 0.6 is 0 Å². The summed E-state index contributed by atoms with van der Waals surface area (Å²) < 4.78 is 18.6. The number of ether oxygens (including phenoxy) is 1. The lowest BCUT2D eigenvalue weighted by Crippen LogP contribution is -2.36. The van der Waals surface area contributed by atoms with Crippen molar-refractivity contribution in [2.45, 2.75) is 25.2 Å². The Balaban J connectivity index is 1.46. The molecule has 1 heterocycles. The summed E-state index contributed by atoms with van der Waals surface area (Å²) in [7, 11) is 1.31. The molecule has 1 fully saturated rings. The van der Waals surface area contributed by atoms with Gasteiger partial charge in [0.1, 0.15) is 0 Å². The second kappa shape index (κ2) is 7.35. The van der Waals surface area contributed by atoms with Crippen LogP contribution in [0.4, 0.5) is 0 Å². The van der Waals surface area contributed by atoms with Crippen LogP contribution in [0.2, 0.25) is 0 Å². The quantitative estimate of drug-likeness (QED) is 0.329.